The molecule has 0 aromatic rings. The van der Waals surface area contributed by atoms with Crippen LogP contribution in [0.1, 0.15) is 105 Å². The molecule has 1 nitrogen and oxygen atoms in total. The average molecular weight is 413 g/mol. The molecule has 4 aliphatic rings. The lowest BCUT2D eigenvalue weighted by atomic mass is 9.49. The summed E-state index contributed by atoms with van der Waals surface area (Å²) in [6, 6.07) is 0. The second-order valence-electron chi connectivity index (χ2n) is 12.3. The van der Waals surface area contributed by atoms with Gasteiger partial charge in [0, 0.05) is 6.61 Å². The summed E-state index contributed by atoms with van der Waals surface area (Å²) in [7, 11) is 0. The molecule has 3 saturated carbocycles. The van der Waals surface area contributed by atoms with Crippen molar-refractivity contribution in [3.8, 4) is 0 Å². The number of fused-ring (bicyclic) bond motifs is 4. The summed E-state index contributed by atoms with van der Waals surface area (Å²) < 4.78 is 0. The van der Waals surface area contributed by atoms with E-state index >= 15 is 0 Å². The molecule has 1 N–H and O–H groups in total. The van der Waals surface area contributed by atoms with Gasteiger partial charge >= 0.3 is 0 Å². The molecule has 0 amide bonds. The molecule has 0 aromatic carbocycles. The van der Waals surface area contributed by atoms with Gasteiger partial charge in [-0.2, -0.15) is 0 Å². The Morgan fingerprint density at radius 1 is 0.967 bits per heavy atom. The Morgan fingerprint density at radius 2 is 1.77 bits per heavy atom. The molecular weight excluding hydrogens is 364 g/mol. The summed E-state index contributed by atoms with van der Waals surface area (Å²) >= 11 is 0. The lowest BCUT2D eigenvalue weighted by molar-refractivity contribution is 0.0106. The third-order valence-corrected chi connectivity index (χ3v) is 10.6. The van der Waals surface area contributed by atoms with E-state index in [-0.39, 0.29) is 0 Å². The normalized spacial score (nSPS) is 41.0. The highest BCUT2D eigenvalue weighted by Crippen LogP contribution is 2.65. The molecule has 1 heteroatoms. The van der Waals surface area contributed by atoms with Gasteiger partial charge in [-0.1, -0.05) is 70.8 Å². The summed E-state index contributed by atoms with van der Waals surface area (Å²) in [4.78, 5) is 0. The Morgan fingerprint density at radius 3 is 2.50 bits per heavy atom. The molecule has 1 unspecified atom stereocenters. The maximum atomic E-state index is 9.43. The summed E-state index contributed by atoms with van der Waals surface area (Å²) in [6.45, 7) is 12.7. The van der Waals surface area contributed by atoms with Crippen molar-refractivity contribution in [2.45, 2.75) is 105 Å². The number of aliphatic hydroxyl groups is 1. The zero-order valence-corrected chi connectivity index (χ0v) is 20.6. The molecule has 30 heavy (non-hydrogen) atoms. The fourth-order valence-corrected chi connectivity index (χ4v) is 8.66. The zero-order valence-electron chi connectivity index (χ0n) is 20.6. The maximum Gasteiger partial charge on any atom is 0.0436 e. The molecule has 0 saturated heterocycles. The van der Waals surface area contributed by atoms with Crippen molar-refractivity contribution in [3.05, 3.63) is 23.3 Å². The second-order valence-corrected chi connectivity index (χ2v) is 12.3. The van der Waals surface area contributed by atoms with Crippen LogP contribution in [0.25, 0.3) is 0 Å². The molecule has 3 fully saturated rings. The second kappa shape index (κ2) is 8.76. The summed E-state index contributed by atoms with van der Waals surface area (Å²) in [5.41, 5.74) is 4.92. The first-order valence-corrected chi connectivity index (χ1v) is 13.3. The monoisotopic (exact) mass is 412 g/mol. The van der Waals surface area contributed by atoms with E-state index in [1.165, 1.54) is 64.2 Å². The minimum atomic E-state index is 0.306. The van der Waals surface area contributed by atoms with Crippen molar-refractivity contribution >= 4 is 0 Å². The molecule has 7 atom stereocenters. The van der Waals surface area contributed by atoms with Gasteiger partial charge in [0.1, 0.15) is 0 Å². The van der Waals surface area contributed by atoms with Crippen LogP contribution in [0.4, 0.5) is 0 Å². The Bertz CT molecular complexity index is 672. The number of aliphatic hydroxyl groups excluding tert-OH is 1. The SMILES string of the molecule is CC(C)[C@@H](C=C[C@@H](C)[C@H]1CCC2=C3CCC4CCCC[C@]4(C)[C@H]3CC[C@@]21C)CCO. The molecule has 0 bridgehead atoms. The molecule has 4 aliphatic carbocycles. The van der Waals surface area contributed by atoms with Gasteiger partial charge in [0.05, 0.1) is 0 Å². The first-order valence-electron chi connectivity index (χ1n) is 13.3. The predicted molar refractivity (Wildman–Crippen MR) is 128 cm³/mol. The minimum absolute atomic E-state index is 0.306. The van der Waals surface area contributed by atoms with E-state index in [2.05, 4.69) is 46.8 Å². The third-order valence-electron chi connectivity index (χ3n) is 10.6. The Hall–Kier alpha value is -0.560. The molecule has 0 spiro atoms. The largest absolute Gasteiger partial charge is 0.396 e. The van der Waals surface area contributed by atoms with Crippen LogP contribution in [0.15, 0.2) is 23.3 Å². The van der Waals surface area contributed by atoms with Gasteiger partial charge in [0.25, 0.3) is 0 Å². The van der Waals surface area contributed by atoms with Crippen molar-refractivity contribution in [2.75, 3.05) is 6.61 Å². The Kier molecular flexibility index (Phi) is 6.61. The highest BCUT2D eigenvalue weighted by molar-refractivity contribution is 5.35. The third kappa shape index (κ3) is 3.76. The van der Waals surface area contributed by atoms with Gasteiger partial charge in [-0.15, -0.1) is 0 Å². The van der Waals surface area contributed by atoms with Gasteiger partial charge in [-0.3, -0.25) is 0 Å². The quantitative estimate of drug-likeness (QED) is 0.439. The smallest absolute Gasteiger partial charge is 0.0436 e. The van der Waals surface area contributed by atoms with Crippen LogP contribution in [0.3, 0.4) is 0 Å². The summed E-state index contributed by atoms with van der Waals surface area (Å²) in [5, 5.41) is 9.43. The zero-order chi connectivity index (χ0) is 21.5. The van der Waals surface area contributed by atoms with Crippen LogP contribution < -0.4 is 0 Å². The molecule has 0 heterocycles. The number of hydrogen-bond acceptors (Lipinski definition) is 1. The van der Waals surface area contributed by atoms with Gasteiger partial charge in [0.2, 0.25) is 0 Å². The Balaban J connectivity index is 1.55. The number of hydrogen-bond donors (Lipinski definition) is 1. The van der Waals surface area contributed by atoms with Crippen LogP contribution in [-0.4, -0.2) is 11.7 Å². The molecule has 4 rings (SSSR count). The van der Waals surface area contributed by atoms with Crippen LogP contribution in [-0.2, 0) is 0 Å². The summed E-state index contributed by atoms with van der Waals surface area (Å²) in [6.07, 6.45) is 20.3. The fourth-order valence-electron chi connectivity index (χ4n) is 8.66. The number of rotatable bonds is 6. The van der Waals surface area contributed by atoms with E-state index in [9.17, 15) is 5.11 Å². The lowest BCUT2D eigenvalue weighted by Crippen LogP contribution is -2.46. The first kappa shape index (κ1) is 22.6. The van der Waals surface area contributed by atoms with E-state index in [0.717, 1.165) is 24.2 Å². The molecule has 170 valence electrons. The minimum Gasteiger partial charge on any atom is -0.396 e. The van der Waals surface area contributed by atoms with Crippen molar-refractivity contribution in [1.82, 2.24) is 0 Å². The fraction of sp³-hybridized carbons (Fsp3) is 0.862. The standard InChI is InChI=1S/C29H48O/c1-20(2)22(16-19-30)10-9-21(3)25-13-14-26-24-12-11-23-8-6-7-17-28(23,4)27(24)15-18-29(25,26)5/h9-10,20-23,25,27,30H,6-8,11-19H2,1-5H3/t21-,22+,23?,25-,27+,28+,29-/m1/s1. The predicted octanol–water partition coefficient (Wildman–Crippen LogP) is 7.95. The van der Waals surface area contributed by atoms with Crippen LogP contribution in [0, 0.1) is 46.3 Å². The number of allylic oxidation sites excluding steroid dienone is 4. The van der Waals surface area contributed by atoms with Crippen molar-refractivity contribution in [3.63, 3.8) is 0 Å². The summed E-state index contributed by atoms with van der Waals surface area (Å²) in [5.74, 6) is 4.48. The molecule has 0 radical (unpaired) electrons. The van der Waals surface area contributed by atoms with Crippen LogP contribution in [0.2, 0.25) is 0 Å². The highest BCUT2D eigenvalue weighted by Gasteiger charge is 2.54. The van der Waals surface area contributed by atoms with Crippen molar-refractivity contribution < 1.29 is 5.11 Å². The molecular formula is C29H48O. The van der Waals surface area contributed by atoms with Gasteiger partial charge in [0.15, 0.2) is 0 Å². The van der Waals surface area contributed by atoms with Gasteiger partial charge < -0.3 is 5.11 Å². The van der Waals surface area contributed by atoms with E-state index in [1.807, 2.05) is 11.1 Å². The van der Waals surface area contributed by atoms with Gasteiger partial charge in [-0.05, 0) is 104 Å². The van der Waals surface area contributed by atoms with E-state index in [1.54, 1.807) is 0 Å². The molecule has 0 aromatic heterocycles. The molecule has 0 aliphatic heterocycles. The average Bonchev–Trinajstić information content (AvgIpc) is 3.07. The van der Waals surface area contributed by atoms with Crippen molar-refractivity contribution in [1.29, 1.82) is 0 Å². The highest BCUT2D eigenvalue weighted by atomic mass is 16.3. The Labute approximate surface area is 186 Å². The van der Waals surface area contributed by atoms with E-state index in [0.29, 0.717) is 35.2 Å². The van der Waals surface area contributed by atoms with E-state index in [4.69, 9.17) is 0 Å². The van der Waals surface area contributed by atoms with Crippen LogP contribution in [0.5, 0.6) is 0 Å². The van der Waals surface area contributed by atoms with Crippen LogP contribution >= 0.6 is 0 Å². The maximum absolute atomic E-state index is 9.43. The topological polar surface area (TPSA) is 20.2 Å². The first-order chi connectivity index (χ1) is 14.3. The van der Waals surface area contributed by atoms with E-state index < -0.39 is 0 Å². The van der Waals surface area contributed by atoms with Gasteiger partial charge in [-0.25, -0.2) is 0 Å². The van der Waals surface area contributed by atoms with Crippen molar-refractivity contribution in [2.24, 2.45) is 46.3 Å². The lowest BCUT2D eigenvalue weighted by Gasteiger charge is -2.56.